The Balaban J connectivity index is 1.57. The Hall–Kier alpha value is -1.64. The predicted molar refractivity (Wildman–Crippen MR) is 134 cm³/mol. The van der Waals surface area contributed by atoms with Crippen LogP contribution in [0.5, 0.6) is 0 Å². The van der Waals surface area contributed by atoms with Crippen molar-refractivity contribution in [1.29, 1.82) is 0 Å². The second-order valence-electron chi connectivity index (χ2n) is 9.54. The predicted octanol–water partition coefficient (Wildman–Crippen LogP) is 3.47. The molecule has 204 valence electrons. The van der Waals surface area contributed by atoms with Gasteiger partial charge in [-0.05, 0) is 74.1 Å². The Kier molecular flexibility index (Phi) is 7.79. The van der Waals surface area contributed by atoms with Crippen LogP contribution in [0.4, 0.5) is 8.78 Å². The number of sulfonamides is 1. The van der Waals surface area contributed by atoms with Crippen LogP contribution in [-0.4, -0.2) is 60.8 Å². The van der Waals surface area contributed by atoms with E-state index in [0.717, 1.165) is 28.8 Å². The van der Waals surface area contributed by atoms with Gasteiger partial charge < -0.3 is 0 Å². The van der Waals surface area contributed by atoms with Crippen molar-refractivity contribution in [2.75, 3.05) is 25.1 Å². The maximum absolute atomic E-state index is 15.0. The summed E-state index contributed by atoms with van der Waals surface area (Å²) in [6.07, 6.45) is 0.191. The van der Waals surface area contributed by atoms with Crippen LogP contribution in [0.2, 0.25) is 5.02 Å². The van der Waals surface area contributed by atoms with Crippen LogP contribution in [-0.2, 0) is 38.9 Å². The summed E-state index contributed by atoms with van der Waals surface area (Å²) in [5.41, 5.74) is -0.285. The first-order chi connectivity index (χ1) is 17.1. The van der Waals surface area contributed by atoms with E-state index in [-0.39, 0.29) is 55.0 Å². The molecule has 1 aliphatic carbocycles. The molecule has 0 atom stereocenters. The Bertz CT molecular complexity index is 1480. The van der Waals surface area contributed by atoms with Crippen LogP contribution in [0.3, 0.4) is 0 Å². The molecule has 0 unspecified atom stereocenters. The fourth-order valence-electron chi connectivity index (χ4n) is 5.02. The van der Waals surface area contributed by atoms with Gasteiger partial charge in [-0.15, -0.1) is 0 Å². The zero-order chi connectivity index (χ0) is 27.2. The van der Waals surface area contributed by atoms with Gasteiger partial charge in [-0.1, -0.05) is 11.6 Å². The van der Waals surface area contributed by atoms with Gasteiger partial charge in [-0.2, -0.15) is 12.7 Å². The minimum absolute atomic E-state index is 0.0918. The number of nitrogens with zero attached hydrogens (tertiary/aromatic N) is 1. The van der Waals surface area contributed by atoms with Crippen LogP contribution in [0.15, 0.2) is 47.4 Å². The van der Waals surface area contributed by atoms with Crippen LogP contribution in [0, 0.1) is 17.6 Å². The maximum Gasteiger partial charge on any atom is 0.264 e. The Morgan fingerprint density at radius 2 is 1.57 bits per heavy atom. The third-order valence-corrected chi connectivity index (χ3v) is 12.3. The molecule has 0 amide bonds. The van der Waals surface area contributed by atoms with Crippen molar-refractivity contribution in [3.63, 3.8) is 0 Å². The van der Waals surface area contributed by atoms with Crippen molar-refractivity contribution in [2.45, 2.75) is 41.4 Å². The standard InChI is InChI=1S/C23H26ClF2NO7S3/c1-35(28,29)34-19-13-27(14-19)36(30,31)15-16-8-10-23(11-9-16,21-12-18(25)4-7-22(21)26)37(32,33)20-5-2-17(24)3-6-20/h2-7,12,16,19H,8-11,13-15H2,1H3. The monoisotopic (exact) mass is 597 g/mol. The van der Waals surface area contributed by atoms with Gasteiger partial charge >= 0.3 is 0 Å². The van der Waals surface area contributed by atoms with Crippen molar-refractivity contribution in [3.05, 3.63) is 64.7 Å². The lowest BCUT2D eigenvalue weighted by atomic mass is 9.78. The Labute approximate surface area is 220 Å². The highest BCUT2D eigenvalue weighted by Crippen LogP contribution is 2.49. The average Bonchev–Trinajstić information content (AvgIpc) is 2.77. The highest BCUT2D eigenvalue weighted by molar-refractivity contribution is 7.92. The second kappa shape index (κ2) is 10.2. The quantitative estimate of drug-likeness (QED) is 0.428. The van der Waals surface area contributed by atoms with Gasteiger partial charge in [0.2, 0.25) is 10.0 Å². The minimum Gasteiger partial charge on any atom is -0.264 e. The molecule has 4 rings (SSSR count). The van der Waals surface area contributed by atoms with Crippen molar-refractivity contribution in [2.24, 2.45) is 5.92 Å². The lowest BCUT2D eigenvalue weighted by Crippen LogP contribution is -2.56. The van der Waals surface area contributed by atoms with E-state index in [1.165, 1.54) is 24.3 Å². The zero-order valence-corrected chi connectivity index (χ0v) is 23.0. The molecule has 1 heterocycles. The highest BCUT2D eigenvalue weighted by atomic mass is 35.5. The first kappa shape index (κ1) is 28.4. The molecule has 14 heteroatoms. The SMILES string of the molecule is CS(=O)(=O)OC1CN(S(=O)(=O)CC2CCC(c3cc(F)ccc3F)(S(=O)(=O)c3ccc(Cl)cc3)CC2)C1. The van der Waals surface area contributed by atoms with Gasteiger partial charge in [0.25, 0.3) is 10.1 Å². The average molecular weight is 598 g/mol. The van der Waals surface area contributed by atoms with Gasteiger partial charge in [0.05, 0.1) is 16.9 Å². The summed E-state index contributed by atoms with van der Waals surface area (Å²) in [5.74, 6) is -2.34. The first-order valence-corrected chi connectivity index (χ1v) is 16.7. The molecule has 1 saturated heterocycles. The van der Waals surface area contributed by atoms with Crippen molar-refractivity contribution in [3.8, 4) is 0 Å². The molecule has 0 bridgehead atoms. The molecule has 0 aromatic heterocycles. The summed E-state index contributed by atoms with van der Waals surface area (Å²) in [6.45, 7) is -0.184. The molecule has 0 N–H and O–H groups in total. The van der Waals surface area contributed by atoms with Crippen LogP contribution in [0.25, 0.3) is 0 Å². The molecule has 0 spiro atoms. The lowest BCUT2D eigenvalue weighted by Gasteiger charge is -2.41. The van der Waals surface area contributed by atoms with Gasteiger partial charge in [0.15, 0.2) is 9.84 Å². The number of rotatable bonds is 8. The van der Waals surface area contributed by atoms with Gasteiger partial charge in [0.1, 0.15) is 22.5 Å². The second-order valence-corrected chi connectivity index (χ2v) is 15.8. The van der Waals surface area contributed by atoms with E-state index < -0.39 is 58.4 Å². The summed E-state index contributed by atoms with van der Waals surface area (Å²) in [7, 11) is -11.7. The fraction of sp³-hybridized carbons (Fsp3) is 0.478. The minimum atomic E-state index is -4.23. The lowest BCUT2D eigenvalue weighted by molar-refractivity contribution is 0.0824. The summed E-state index contributed by atoms with van der Waals surface area (Å²) in [4.78, 5) is -0.0934. The van der Waals surface area contributed by atoms with Crippen LogP contribution >= 0.6 is 11.6 Å². The van der Waals surface area contributed by atoms with Gasteiger partial charge in [-0.3, -0.25) is 4.18 Å². The van der Waals surface area contributed by atoms with Gasteiger partial charge in [0, 0.05) is 23.7 Å². The molecule has 2 fully saturated rings. The number of hydrogen-bond acceptors (Lipinski definition) is 7. The van der Waals surface area contributed by atoms with E-state index in [0.29, 0.717) is 5.02 Å². The van der Waals surface area contributed by atoms with E-state index in [1.54, 1.807) is 0 Å². The molecule has 2 aromatic carbocycles. The zero-order valence-electron chi connectivity index (χ0n) is 19.8. The fourth-order valence-corrected chi connectivity index (χ4v) is 9.85. The van der Waals surface area contributed by atoms with E-state index in [9.17, 15) is 34.0 Å². The smallest absolute Gasteiger partial charge is 0.264 e. The summed E-state index contributed by atoms with van der Waals surface area (Å²) >= 11 is 5.91. The molecular weight excluding hydrogens is 572 g/mol. The Morgan fingerprint density at radius 1 is 0.973 bits per heavy atom. The molecule has 0 radical (unpaired) electrons. The molecule has 8 nitrogen and oxygen atoms in total. The van der Waals surface area contributed by atoms with E-state index in [2.05, 4.69) is 0 Å². The molecular formula is C23H26ClF2NO7S3. The molecule has 1 saturated carbocycles. The van der Waals surface area contributed by atoms with Crippen molar-refractivity contribution in [1.82, 2.24) is 4.31 Å². The molecule has 37 heavy (non-hydrogen) atoms. The summed E-state index contributed by atoms with van der Waals surface area (Å²) in [6, 6.07) is 8.11. The number of sulfone groups is 1. The highest BCUT2D eigenvalue weighted by Gasteiger charge is 2.51. The van der Waals surface area contributed by atoms with Gasteiger partial charge in [-0.25, -0.2) is 25.6 Å². The third kappa shape index (κ3) is 5.86. The summed E-state index contributed by atoms with van der Waals surface area (Å²) in [5, 5.41) is 0.314. The molecule has 2 aliphatic rings. The van der Waals surface area contributed by atoms with Crippen LogP contribution in [0.1, 0.15) is 31.2 Å². The molecule has 1 aliphatic heterocycles. The maximum atomic E-state index is 15.0. The van der Waals surface area contributed by atoms with E-state index >= 15 is 0 Å². The third-order valence-electron chi connectivity index (χ3n) is 6.94. The largest absolute Gasteiger partial charge is 0.264 e. The number of benzene rings is 2. The first-order valence-electron chi connectivity index (χ1n) is 11.4. The molecule has 2 aromatic rings. The normalized spacial score (nSPS) is 24.1. The van der Waals surface area contributed by atoms with E-state index in [1.807, 2.05) is 0 Å². The number of halogens is 3. The number of hydrogen-bond donors (Lipinski definition) is 0. The van der Waals surface area contributed by atoms with Crippen molar-refractivity contribution >= 4 is 41.6 Å². The topological polar surface area (TPSA) is 115 Å². The van der Waals surface area contributed by atoms with E-state index in [4.69, 9.17) is 15.8 Å². The summed E-state index contributed by atoms with van der Waals surface area (Å²) < 4.78 is 109. The van der Waals surface area contributed by atoms with Crippen LogP contribution < -0.4 is 0 Å². The Morgan fingerprint density at radius 3 is 2.14 bits per heavy atom. The van der Waals surface area contributed by atoms with Crippen molar-refractivity contribution < 1.29 is 38.2 Å².